The van der Waals surface area contributed by atoms with E-state index in [0.717, 1.165) is 38.5 Å². The zero-order valence-electron chi connectivity index (χ0n) is 14.6. The largest absolute Gasteiger partial charge is 0.338 e. The van der Waals surface area contributed by atoms with Gasteiger partial charge >= 0.3 is 6.03 Å². The zero-order valence-corrected chi connectivity index (χ0v) is 14.6. The van der Waals surface area contributed by atoms with E-state index in [2.05, 4.69) is 38.0 Å². The first-order chi connectivity index (χ1) is 10.3. The van der Waals surface area contributed by atoms with E-state index in [4.69, 9.17) is 0 Å². The van der Waals surface area contributed by atoms with Gasteiger partial charge in [-0.3, -0.25) is 0 Å². The van der Waals surface area contributed by atoms with Crippen LogP contribution < -0.4 is 5.32 Å². The molecule has 0 atom stereocenters. The van der Waals surface area contributed by atoms with Gasteiger partial charge in [-0.05, 0) is 59.8 Å². The molecule has 1 aliphatic heterocycles. The SMILES string of the molecule is CC1(C)CCCC(C)(C)N1C(=O)NCCCCCCN=C=O. The average Bonchev–Trinajstić information content (AvgIpc) is 2.39. The number of carbonyl (C=O) groups is 1. The van der Waals surface area contributed by atoms with Gasteiger partial charge in [0.15, 0.2) is 0 Å². The first-order valence-electron chi connectivity index (χ1n) is 8.43. The van der Waals surface area contributed by atoms with Crippen LogP contribution in [0.2, 0.25) is 0 Å². The second kappa shape index (κ2) is 8.33. The van der Waals surface area contributed by atoms with E-state index in [1.54, 1.807) is 6.08 Å². The number of likely N-dealkylation sites (tertiary alicyclic amines) is 1. The normalized spacial score (nSPS) is 19.4. The van der Waals surface area contributed by atoms with E-state index < -0.39 is 0 Å². The van der Waals surface area contributed by atoms with Gasteiger partial charge in [0.2, 0.25) is 6.08 Å². The van der Waals surface area contributed by atoms with Crippen molar-refractivity contribution in [2.24, 2.45) is 4.99 Å². The van der Waals surface area contributed by atoms with Crippen molar-refractivity contribution >= 4 is 12.1 Å². The zero-order chi connectivity index (χ0) is 16.6. The molecule has 5 nitrogen and oxygen atoms in total. The maximum Gasteiger partial charge on any atom is 0.318 e. The Balaban J connectivity index is 2.33. The Morgan fingerprint density at radius 2 is 1.68 bits per heavy atom. The van der Waals surface area contributed by atoms with Crippen LogP contribution in [-0.2, 0) is 4.79 Å². The van der Waals surface area contributed by atoms with Crippen molar-refractivity contribution in [3.63, 3.8) is 0 Å². The first-order valence-corrected chi connectivity index (χ1v) is 8.43. The molecular formula is C17H31N3O2. The fourth-order valence-electron chi connectivity index (χ4n) is 3.54. The van der Waals surface area contributed by atoms with Crippen molar-refractivity contribution < 1.29 is 9.59 Å². The molecule has 5 heteroatoms. The standard InChI is InChI=1S/C17H31N3O2/c1-16(2)10-9-11-17(3,4)20(16)15(22)19-13-8-6-5-7-12-18-14-21/h5-13H2,1-4H3,(H,19,22). The molecular weight excluding hydrogens is 278 g/mol. The van der Waals surface area contributed by atoms with Gasteiger partial charge in [-0.1, -0.05) is 12.8 Å². The summed E-state index contributed by atoms with van der Waals surface area (Å²) in [5.74, 6) is 0. The van der Waals surface area contributed by atoms with Crippen LogP contribution in [0.5, 0.6) is 0 Å². The van der Waals surface area contributed by atoms with E-state index >= 15 is 0 Å². The summed E-state index contributed by atoms with van der Waals surface area (Å²) in [4.78, 5) is 28.0. The highest BCUT2D eigenvalue weighted by Crippen LogP contribution is 2.37. The number of hydrogen-bond donors (Lipinski definition) is 1. The molecule has 0 spiro atoms. The van der Waals surface area contributed by atoms with Crippen molar-refractivity contribution in [2.75, 3.05) is 13.1 Å². The molecule has 1 N–H and O–H groups in total. The number of urea groups is 1. The monoisotopic (exact) mass is 309 g/mol. The maximum atomic E-state index is 12.6. The lowest BCUT2D eigenvalue weighted by Crippen LogP contribution is -2.63. The molecule has 0 aromatic rings. The van der Waals surface area contributed by atoms with Gasteiger partial charge < -0.3 is 10.2 Å². The van der Waals surface area contributed by atoms with Crippen LogP contribution >= 0.6 is 0 Å². The third kappa shape index (κ3) is 5.45. The number of unbranched alkanes of at least 4 members (excludes halogenated alkanes) is 3. The van der Waals surface area contributed by atoms with Crippen LogP contribution in [0.3, 0.4) is 0 Å². The fourth-order valence-corrected chi connectivity index (χ4v) is 3.54. The minimum Gasteiger partial charge on any atom is -0.338 e. The molecule has 126 valence electrons. The molecule has 0 aliphatic carbocycles. The van der Waals surface area contributed by atoms with Crippen LogP contribution in [0.25, 0.3) is 0 Å². The summed E-state index contributed by atoms with van der Waals surface area (Å²) in [5, 5.41) is 3.07. The highest BCUT2D eigenvalue weighted by atomic mass is 16.2. The Kier molecular flexibility index (Phi) is 7.08. The van der Waals surface area contributed by atoms with Gasteiger partial charge in [0.1, 0.15) is 0 Å². The lowest BCUT2D eigenvalue weighted by Gasteiger charge is -2.52. The Morgan fingerprint density at radius 3 is 2.27 bits per heavy atom. The second-order valence-electron chi connectivity index (χ2n) is 7.43. The van der Waals surface area contributed by atoms with Crippen LogP contribution in [0.4, 0.5) is 4.79 Å². The molecule has 1 fully saturated rings. The number of isocyanates is 1. The van der Waals surface area contributed by atoms with Crippen molar-refractivity contribution in [3.05, 3.63) is 0 Å². The summed E-state index contributed by atoms with van der Waals surface area (Å²) in [6.07, 6.45) is 8.78. The van der Waals surface area contributed by atoms with Gasteiger partial charge in [0.25, 0.3) is 0 Å². The maximum absolute atomic E-state index is 12.6. The third-order valence-electron chi connectivity index (χ3n) is 4.53. The molecule has 22 heavy (non-hydrogen) atoms. The number of carbonyl (C=O) groups excluding carboxylic acids is 2. The summed E-state index contributed by atoms with van der Waals surface area (Å²) in [6, 6.07) is 0.0558. The van der Waals surface area contributed by atoms with Crippen LogP contribution in [-0.4, -0.2) is 41.2 Å². The lowest BCUT2D eigenvalue weighted by atomic mass is 9.80. The second-order valence-corrected chi connectivity index (χ2v) is 7.43. The number of amides is 2. The number of nitrogens with one attached hydrogen (secondary N) is 1. The Bertz CT molecular complexity index is 396. The minimum atomic E-state index is -0.0847. The van der Waals surface area contributed by atoms with Crippen molar-refractivity contribution in [3.8, 4) is 0 Å². The third-order valence-corrected chi connectivity index (χ3v) is 4.53. The van der Waals surface area contributed by atoms with Crippen molar-refractivity contribution in [1.29, 1.82) is 0 Å². The van der Waals surface area contributed by atoms with E-state index in [0.29, 0.717) is 13.1 Å². The van der Waals surface area contributed by atoms with E-state index in [1.165, 1.54) is 6.42 Å². The molecule has 1 aliphatic rings. The fraction of sp³-hybridized carbons (Fsp3) is 0.882. The Hall–Kier alpha value is -1.35. The smallest absolute Gasteiger partial charge is 0.318 e. The van der Waals surface area contributed by atoms with E-state index in [-0.39, 0.29) is 17.1 Å². The molecule has 1 rings (SSSR count). The molecule has 1 saturated heterocycles. The Morgan fingerprint density at radius 1 is 1.09 bits per heavy atom. The summed E-state index contributed by atoms with van der Waals surface area (Å²) < 4.78 is 0. The van der Waals surface area contributed by atoms with E-state index in [9.17, 15) is 9.59 Å². The van der Waals surface area contributed by atoms with Crippen LogP contribution in [0.15, 0.2) is 4.99 Å². The summed E-state index contributed by atoms with van der Waals surface area (Å²) in [7, 11) is 0. The molecule has 1 heterocycles. The molecule has 0 radical (unpaired) electrons. The topological polar surface area (TPSA) is 61.8 Å². The predicted octanol–water partition coefficient (Wildman–Crippen LogP) is 3.64. The van der Waals surface area contributed by atoms with Gasteiger partial charge in [0.05, 0.1) is 6.54 Å². The van der Waals surface area contributed by atoms with E-state index in [1.807, 2.05) is 4.90 Å². The molecule has 2 amide bonds. The summed E-state index contributed by atoms with van der Waals surface area (Å²) in [6.45, 7) is 9.88. The minimum absolute atomic E-state index is 0.0558. The highest BCUT2D eigenvalue weighted by Gasteiger charge is 2.43. The predicted molar refractivity (Wildman–Crippen MR) is 88.7 cm³/mol. The number of nitrogens with zero attached hydrogens (tertiary/aromatic N) is 2. The summed E-state index contributed by atoms with van der Waals surface area (Å²) in [5.41, 5.74) is -0.169. The Labute approximate surface area is 134 Å². The molecule has 0 aromatic carbocycles. The van der Waals surface area contributed by atoms with Crippen molar-refractivity contribution in [2.45, 2.75) is 83.7 Å². The number of aliphatic imine (C=N–C) groups is 1. The molecule has 0 bridgehead atoms. The van der Waals surface area contributed by atoms with Gasteiger partial charge in [-0.25, -0.2) is 14.6 Å². The van der Waals surface area contributed by atoms with Crippen LogP contribution in [0.1, 0.15) is 72.6 Å². The number of hydrogen-bond acceptors (Lipinski definition) is 3. The molecule has 0 aromatic heterocycles. The number of rotatable bonds is 7. The lowest BCUT2D eigenvalue weighted by molar-refractivity contribution is 0.0118. The quantitative estimate of drug-likeness (QED) is 0.443. The molecule has 0 saturated carbocycles. The average molecular weight is 309 g/mol. The molecule has 0 unspecified atom stereocenters. The van der Waals surface area contributed by atoms with Crippen LogP contribution in [0, 0.1) is 0 Å². The van der Waals surface area contributed by atoms with Gasteiger partial charge in [-0.15, -0.1) is 0 Å². The highest BCUT2D eigenvalue weighted by molar-refractivity contribution is 5.76. The van der Waals surface area contributed by atoms with Crippen molar-refractivity contribution in [1.82, 2.24) is 10.2 Å². The van der Waals surface area contributed by atoms with Gasteiger partial charge in [-0.2, -0.15) is 0 Å². The van der Waals surface area contributed by atoms with Gasteiger partial charge in [0, 0.05) is 17.6 Å². The summed E-state index contributed by atoms with van der Waals surface area (Å²) >= 11 is 0. The first kappa shape index (κ1) is 18.7. The number of piperidine rings is 1.